The summed E-state index contributed by atoms with van der Waals surface area (Å²) in [5.41, 5.74) is 5.49. The minimum atomic E-state index is 0.769. The molecule has 0 rings (SSSR count). The van der Waals surface area contributed by atoms with Crippen molar-refractivity contribution in [1.29, 1.82) is 0 Å². The quantitative estimate of drug-likeness (QED) is 0.566. The highest BCUT2D eigenvalue weighted by atomic mass is 16.5. The highest BCUT2D eigenvalue weighted by Crippen LogP contribution is 1.91. The van der Waals surface area contributed by atoms with Crippen LogP contribution in [0.1, 0.15) is 6.42 Å². The third-order valence-electron chi connectivity index (χ3n) is 2.15. The number of hydrogen-bond donors (Lipinski definition) is 1. The van der Waals surface area contributed by atoms with Crippen molar-refractivity contribution >= 4 is 0 Å². The topological polar surface area (TPSA) is 41.7 Å². The Bertz CT molecular complexity index is 112. The molecule has 0 aromatic rings. The van der Waals surface area contributed by atoms with Crippen LogP contribution in [0.4, 0.5) is 0 Å². The van der Waals surface area contributed by atoms with Crippen molar-refractivity contribution < 1.29 is 4.74 Å². The van der Waals surface area contributed by atoms with Gasteiger partial charge in [0.15, 0.2) is 0 Å². The highest BCUT2D eigenvalue weighted by molar-refractivity contribution is 4.59. The molecular formula is C10H25N3O. The maximum Gasteiger partial charge on any atom is 0.0589 e. The third-order valence-corrected chi connectivity index (χ3v) is 2.15. The molecule has 0 saturated carbocycles. The van der Waals surface area contributed by atoms with Crippen LogP contribution in [-0.4, -0.2) is 70.3 Å². The van der Waals surface area contributed by atoms with Gasteiger partial charge in [0.05, 0.1) is 6.61 Å². The van der Waals surface area contributed by atoms with Gasteiger partial charge < -0.3 is 15.4 Å². The third kappa shape index (κ3) is 8.44. The molecule has 0 unspecified atom stereocenters. The summed E-state index contributed by atoms with van der Waals surface area (Å²) in [5.74, 6) is 0. The van der Waals surface area contributed by atoms with Crippen LogP contribution in [-0.2, 0) is 4.74 Å². The maximum absolute atomic E-state index is 5.49. The zero-order valence-corrected chi connectivity index (χ0v) is 9.83. The van der Waals surface area contributed by atoms with Gasteiger partial charge >= 0.3 is 0 Å². The number of nitrogens with two attached hydrogens (primary N) is 1. The van der Waals surface area contributed by atoms with Gasteiger partial charge in [-0.15, -0.1) is 0 Å². The summed E-state index contributed by atoms with van der Waals surface area (Å²) in [4.78, 5) is 4.60. The molecule has 0 aromatic carbocycles. The molecule has 0 radical (unpaired) electrons. The van der Waals surface area contributed by atoms with Crippen molar-refractivity contribution in [2.75, 3.05) is 60.5 Å². The first-order chi connectivity index (χ1) is 6.70. The Hall–Kier alpha value is -0.160. The van der Waals surface area contributed by atoms with Gasteiger partial charge in [-0.2, -0.15) is 0 Å². The summed E-state index contributed by atoms with van der Waals surface area (Å²) in [6.45, 7) is 5.84. The minimum Gasteiger partial charge on any atom is -0.383 e. The van der Waals surface area contributed by atoms with Gasteiger partial charge in [0.2, 0.25) is 0 Å². The molecule has 0 fully saturated rings. The van der Waals surface area contributed by atoms with Crippen molar-refractivity contribution in [2.24, 2.45) is 5.73 Å². The number of likely N-dealkylation sites (N-methyl/N-ethyl adjacent to an activating group) is 1. The normalized spacial score (nSPS) is 11.6. The van der Waals surface area contributed by atoms with Gasteiger partial charge in [0.1, 0.15) is 0 Å². The Kier molecular flexibility index (Phi) is 9.29. The first-order valence-corrected chi connectivity index (χ1v) is 5.26. The molecule has 4 heteroatoms. The smallest absolute Gasteiger partial charge is 0.0589 e. The number of hydrogen-bond acceptors (Lipinski definition) is 4. The molecule has 14 heavy (non-hydrogen) atoms. The molecule has 0 spiro atoms. The van der Waals surface area contributed by atoms with Gasteiger partial charge in [0.25, 0.3) is 0 Å². The zero-order chi connectivity index (χ0) is 10.8. The Labute approximate surface area is 88.0 Å². The lowest BCUT2D eigenvalue weighted by atomic mass is 10.3. The van der Waals surface area contributed by atoms with Crippen LogP contribution in [0.15, 0.2) is 0 Å². The Balaban J connectivity index is 3.60. The highest BCUT2D eigenvalue weighted by Gasteiger charge is 2.03. The summed E-state index contributed by atoms with van der Waals surface area (Å²) >= 11 is 0. The Morgan fingerprint density at radius 2 is 1.79 bits per heavy atom. The van der Waals surface area contributed by atoms with Gasteiger partial charge in [-0.25, -0.2) is 0 Å². The predicted molar refractivity (Wildman–Crippen MR) is 60.5 cm³/mol. The van der Waals surface area contributed by atoms with Crippen molar-refractivity contribution in [3.8, 4) is 0 Å². The number of rotatable bonds is 9. The van der Waals surface area contributed by atoms with E-state index in [2.05, 4.69) is 23.9 Å². The lowest BCUT2D eigenvalue weighted by Gasteiger charge is -2.23. The fourth-order valence-electron chi connectivity index (χ4n) is 1.21. The molecule has 0 aromatic heterocycles. The van der Waals surface area contributed by atoms with Crippen molar-refractivity contribution in [3.63, 3.8) is 0 Å². The molecule has 0 amide bonds. The Morgan fingerprint density at radius 1 is 1.07 bits per heavy atom. The molecule has 4 nitrogen and oxygen atoms in total. The van der Waals surface area contributed by atoms with E-state index in [9.17, 15) is 0 Å². The number of methoxy groups -OCH3 is 1. The minimum absolute atomic E-state index is 0.769. The van der Waals surface area contributed by atoms with E-state index < -0.39 is 0 Å². The predicted octanol–water partition coefficient (Wildman–Crippen LogP) is -0.155. The van der Waals surface area contributed by atoms with Crippen molar-refractivity contribution in [3.05, 3.63) is 0 Å². The van der Waals surface area contributed by atoms with E-state index >= 15 is 0 Å². The second kappa shape index (κ2) is 9.40. The van der Waals surface area contributed by atoms with Gasteiger partial charge in [-0.1, -0.05) is 0 Å². The van der Waals surface area contributed by atoms with E-state index in [1.807, 2.05) is 0 Å². The number of ether oxygens (including phenoxy) is 1. The molecule has 0 saturated heterocycles. The molecule has 0 aliphatic rings. The molecule has 86 valence electrons. The second-order valence-corrected chi connectivity index (χ2v) is 3.78. The fraction of sp³-hybridized carbons (Fsp3) is 1.00. The number of nitrogens with zero attached hydrogens (tertiary/aromatic N) is 2. The standard InChI is InChI=1S/C10H25N3O/c1-12(2)7-8-13(6-4-5-11)9-10-14-3/h4-11H2,1-3H3. The molecule has 0 bridgehead atoms. The fourth-order valence-corrected chi connectivity index (χ4v) is 1.21. The summed E-state index contributed by atoms with van der Waals surface area (Å²) in [7, 11) is 5.93. The lowest BCUT2D eigenvalue weighted by Crippen LogP contribution is -2.35. The van der Waals surface area contributed by atoms with Gasteiger partial charge in [0, 0.05) is 26.7 Å². The first kappa shape index (κ1) is 13.8. The Morgan fingerprint density at radius 3 is 2.29 bits per heavy atom. The van der Waals surface area contributed by atoms with Crippen LogP contribution >= 0.6 is 0 Å². The van der Waals surface area contributed by atoms with E-state index in [4.69, 9.17) is 10.5 Å². The maximum atomic E-state index is 5.49. The van der Waals surface area contributed by atoms with E-state index in [1.54, 1.807) is 7.11 Å². The molecule has 0 aliphatic carbocycles. The first-order valence-electron chi connectivity index (χ1n) is 5.26. The summed E-state index contributed by atoms with van der Waals surface area (Å²) < 4.78 is 5.07. The lowest BCUT2D eigenvalue weighted by molar-refractivity contribution is 0.141. The monoisotopic (exact) mass is 203 g/mol. The molecule has 2 N–H and O–H groups in total. The van der Waals surface area contributed by atoms with Gasteiger partial charge in [-0.3, -0.25) is 4.90 Å². The van der Waals surface area contributed by atoms with E-state index in [-0.39, 0.29) is 0 Å². The molecule has 0 aliphatic heterocycles. The van der Waals surface area contributed by atoms with Crippen LogP contribution in [0.5, 0.6) is 0 Å². The van der Waals surface area contributed by atoms with Gasteiger partial charge in [-0.05, 0) is 33.6 Å². The summed E-state index contributed by atoms with van der Waals surface area (Å²) in [5, 5.41) is 0. The summed E-state index contributed by atoms with van der Waals surface area (Å²) in [6, 6.07) is 0. The summed E-state index contributed by atoms with van der Waals surface area (Å²) in [6.07, 6.45) is 1.07. The van der Waals surface area contributed by atoms with Crippen molar-refractivity contribution in [1.82, 2.24) is 9.80 Å². The SMILES string of the molecule is COCCN(CCCN)CCN(C)C. The van der Waals surface area contributed by atoms with Crippen LogP contribution in [0.25, 0.3) is 0 Å². The largest absolute Gasteiger partial charge is 0.383 e. The average Bonchev–Trinajstić information content (AvgIpc) is 2.16. The van der Waals surface area contributed by atoms with Crippen LogP contribution < -0.4 is 5.73 Å². The van der Waals surface area contributed by atoms with Crippen molar-refractivity contribution in [2.45, 2.75) is 6.42 Å². The second-order valence-electron chi connectivity index (χ2n) is 3.78. The van der Waals surface area contributed by atoms with Crippen LogP contribution in [0, 0.1) is 0 Å². The van der Waals surface area contributed by atoms with E-state index in [0.29, 0.717) is 0 Å². The molecule has 0 heterocycles. The average molecular weight is 203 g/mol. The van der Waals surface area contributed by atoms with Crippen LogP contribution in [0.3, 0.4) is 0 Å². The van der Waals surface area contributed by atoms with E-state index in [1.165, 1.54) is 0 Å². The molecule has 0 atom stereocenters. The van der Waals surface area contributed by atoms with Crippen LogP contribution in [0.2, 0.25) is 0 Å². The molecular weight excluding hydrogens is 178 g/mol. The van der Waals surface area contributed by atoms with E-state index in [0.717, 1.165) is 45.8 Å². The zero-order valence-electron chi connectivity index (χ0n) is 9.83.